The highest BCUT2D eigenvalue weighted by atomic mass is 16.6. The van der Waals surface area contributed by atoms with E-state index in [4.69, 9.17) is 5.73 Å². The molecule has 0 unspecified atom stereocenters. The summed E-state index contributed by atoms with van der Waals surface area (Å²) in [7, 11) is 1.94. The number of nitrogens with two attached hydrogens (primary N) is 1. The molecule has 0 amide bonds. The van der Waals surface area contributed by atoms with Crippen molar-refractivity contribution in [2.75, 3.05) is 24.2 Å². The van der Waals surface area contributed by atoms with Gasteiger partial charge in [-0.2, -0.15) is 0 Å². The summed E-state index contributed by atoms with van der Waals surface area (Å²) in [5.41, 5.74) is 5.42. The molecular weight excluding hydrogens is 220 g/mol. The van der Waals surface area contributed by atoms with E-state index in [9.17, 15) is 10.1 Å². The first-order valence-electron chi connectivity index (χ1n) is 5.70. The monoisotopic (exact) mass is 236 g/mol. The number of rotatable bonds is 4. The number of nitro groups is 1. The van der Waals surface area contributed by atoms with Gasteiger partial charge in [-0.3, -0.25) is 10.1 Å². The van der Waals surface area contributed by atoms with Crippen molar-refractivity contribution in [2.45, 2.75) is 19.3 Å². The lowest BCUT2D eigenvalue weighted by atomic mass is 9.85. The molecular formula is C11H16N4O2. The van der Waals surface area contributed by atoms with Crippen LogP contribution in [0.1, 0.15) is 19.3 Å². The van der Waals surface area contributed by atoms with Gasteiger partial charge in [0.25, 0.3) is 0 Å². The number of pyridine rings is 1. The van der Waals surface area contributed by atoms with E-state index >= 15 is 0 Å². The Balaban J connectivity index is 2.10. The summed E-state index contributed by atoms with van der Waals surface area (Å²) in [6.07, 6.45) is 3.81. The smallest absolute Gasteiger partial charge is 0.311 e. The van der Waals surface area contributed by atoms with Crippen LogP contribution in [0.25, 0.3) is 0 Å². The first-order chi connectivity index (χ1) is 8.08. The number of hydrogen-bond donors (Lipinski definition) is 1. The topological polar surface area (TPSA) is 85.3 Å². The zero-order chi connectivity index (χ0) is 12.4. The molecule has 1 heterocycles. The molecule has 1 aliphatic carbocycles. The lowest BCUT2D eigenvalue weighted by molar-refractivity contribution is -0.384. The van der Waals surface area contributed by atoms with E-state index in [1.807, 2.05) is 11.9 Å². The summed E-state index contributed by atoms with van der Waals surface area (Å²) in [4.78, 5) is 16.2. The SMILES string of the molecule is CN(CC1CCC1)c1ccc([N+](=O)[O-])c(N)n1. The van der Waals surface area contributed by atoms with Gasteiger partial charge in [-0.15, -0.1) is 0 Å². The molecule has 1 aliphatic rings. The van der Waals surface area contributed by atoms with E-state index in [2.05, 4.69) is 4.98 Å². The van der Waals surface area contributed by atoms with Crippen molar-refractivity contribution in [3.63, 3.8) is 0 Å². The van der Waals surface area contributed by atoms with Gasteiger partial charge in [-0.25, -0.2) is 4.98 Å². The molecule has 17 heavy (non-hydrogen) atoms. The highest BCUT2D eigenvalue weighted by Crippen LogP contribution is 2.29. The van der Waals surface area contributed by atoms with Crippen molar-refractivity contribution in [3.8, 4) is 0 Å². The second kappa shape index (κ2) is 4.57. The Labute approximate surface area is 99.6 Å². The van der Waals surface area contributed by atoms with E-state index in [0.717, 1.165) is 12.5 Å². The fourth-order valence-corrected chi connectivity index (χ4v) is 1.98. The molecule has 92 valence electrons. The molecule has 1 fully saturated rings. The summed E-state index contributed by atoms with van der Waals surface area (Å²) in [6, 6.07) is 3.06. The molecule has 2 rings (SSSR count). The minimum absolute atomic E-state index is 0.0204. The largest absolute Gasteiger partial charge is 0.378 e. The summed E-state index contributed by atoms with van der Waals surface area (Å²) in [6.45, 7) is 0.935. The molecule has 1 aromatic rings. The molecule has 0 bridgehead atoms. The molecule has 0 aliphatic heterocycles. The van der Waals surface area contributed by atoms with Crippen molar-refractivity contribution in [3.05, 3.63) is 22.2 Å². The quantitative estimate of drug-likeness (QED) is 0.636. The van der Waals surface area contributed by atoms with Crippen LogP contribution in [0.4, 0.5) is 17.3 Å². The van der Waals surface area contributed by atoms with Gasteiger partial charge in [0.05, 0.1) is 4.92 Å². The Morgan fingerprint density at radius 2 is 2.29 bits per heavy atom. The van der Waals surface area contributed by atoms with E-state index < -0.39 is 4.92 Å². The lowest BCUT2D eigenvalue weighted by Crippen LogP contribution is -2.29. The molecule has 2 N–H and O–H groups in total. The average Bonchev–Trinajstić information content (AvgIpc) is 2.22. The third kappa shape index (κ3) is 2.46. The number of nitrogen functional groups attached to an aromatic ring is 1. The highest BCUT2D eigenvalue weighted by molar-refractivity contribution is 5.57. The minimum Gasteiger partial charge on any atom is -0.378 e. The van der Waals surface area contributed by atoms with Crippen molar-refractivity contribution in [1.82, 2.24) is 4.98 Å². The fourth-order valence-electron chi connectivity index (χ4n) is 1.98. The zero-order valence-corrected chi connectivity index (χ0v) is 9.80. The van der Waals surface area contributed by atoms with Crippen LogP contribution in [0.15, 0.2) is 12.1 Å². The maximum Gasteiger partial charge on any atom is 0.311 e. The molecule has 0 saturated heterocycles. The van der Waals surface area contributed by atoms with Gasteiger partial charge in [0.1, 0.15) is 5.82 Å². The zero-order valence-electron chi connectivity index (χ0n) is 9.80. The van der Waals surface area contributed by atoms with Crippen LogP contribution in [-0.2, 0) is 0 Å². The molecule has 0 radical (unpaired) electrons. The molecule has 6 heteroatoms. The standard InChI is InChI=1S/C11H16N4O2/c1-14(7-8-3-2-4-8)10-6-5-9(15(16)17)11(12)13-10/h5-6,8H,2-4,7H2,1H3,(H2,12,13). The molecule has 1 aromatic heterocycles. The van der Waals surface area contributed by atoms with Gasteiger partial charge < -0.3 is 10.6 Å². The van der Waals surface area contributed by atoms with Crippen LogP contribution < -0.4 is 10.6 Å². The van der Waals surface area contributed by atoms with Gasteiger partial charge in [0, 0.05) is 19.7 Å². The van der Waals surface area contributed by atoms with Crippen LogP contribution in [0.5, 0.6) is 0 Å². The summed E-state index contributed by atoms with van der Waals surface area (Å²) in [5.74, 6) is 1.39. The Bertz CT molecular complexity index is 431. The van der Waals surface area contributed by atoms with Crippen LogP contribution >= 0.6 is 0 Å². The van der Waals surface area contributed by atoms with E-state index in [-0.39, 0.29) is 11.5 Å². The van der Waals surface area contributed by atoms with Crippen LogP contribution in [0, 0.1) is 16.0 Å². The molecule has 1 saturated carbocycles. The third-order valence-corrected chi connectivity index (χ3v) is 3.23. The third-order valence-electron chi connectivity index (χ3n) is 3.23. The van der Waals surface area contributed by atoms with Crippen molar-refractivity contribution >= 4 is 17.3 Å². The summed E-state index contributed by atoms with van der Waals surface area (Å²) in [5, 5.41) is 10.6. The summed E-state index contributed by atoms with van der Waals surface area (Å²) < 4.78 is 0. The van der Waals surface area contributed by atoms with Crippen LogP contribution in [0.3, 0.4) is 0 Å². The van der Waals surface area contributed by atoms with Gasteiger partial charge in [0.15, 0.2) is 0 Å². The van der Waals surface area contributed by atoms with Gasteiger partial charge in [-0.05, 0) is 24.8 Å². The van der Waals surface area contributed by atoms with Crippen molar-refractivity contribution in [1.29, 1.82) is 0 Å². The fraction of sp³-hybridized carbons (Fsp3) is 0.545. The number of aromatic nitrogens is 1. The molecule has 0 spiro atoms. The van der Waals surface area contributed by atoms with Gasteiger partial charge in [-0.1, -0.05) is 6.42 Å². The minimum atomic E-state index is -0.516. The summed E-state index contributed by atoms with van der Waals surface area (Å²) >= 11 is 0. The Hall–Kier alpha value is -1.85. The number of hydrogen-bond acceptors (Lipinski definition) is 5. The molecule has 6 nitrogen and oxygen atoms in total. The van der Waals surface area contributed by atoms with Crippen LogP contribution in [0.2, 0.25) is 0 Å². The highest BCUT2D eigenvalue weighted by Gasteiger charge is 2.21. The number of nitrogens with zero attached hydrogens (tertiary/aromatic N) is 3. The van der Waals surface area contributed by atoms with Crippen molar-refractivity contribution < 1.29 is 4.92 Å². The second-order valence-electron chi connectivity index (χ2n) is 4.51. The van der Waals surface area contributed by atoms with E-state index in [1.165, 1.54) is 25.3 Å². The maximum atomic E-state index is 10.6. The van der Waals surface area contributed by atoms with Gasteiger partial charge in [0.2, 0.25) is 5.82 Å². The lowest BCUT2D eigenvalue weighted by Gasteiger charge is -2.30. The predicted octanol–water partition coefficient (Wildman–Crippen LogP) is 1.81. The maximum absolute atomic E-state index is 10.6. The second-order valence-corrected chi connectivity index (χ2v) is 4.51. The Morgan fingerprint density at radius 3 is 2.76 bits per heavy atom. The van der Waals surface area contributed by atoms with Gasteiger partial charge >= 0.3 is 5.69 Å². The molecule has 0 aromatic carbocycles. The predicted molar refractivity (Wildman–Crippen MR) is 65.9 cm³/mol. The Kier molecular flexibility index (Phi) is 3.12. The first-order valence-corrected chi connectivity index (χ1v) is 5.70. The first kappa shape index (κ1) is 11.6. The Morgan fingerprint density at radius 1 is 1.59 bits per heavy atom. The van der Waals surface area contributed by atoms with E-state index in [0.29, 0.717) is 5.82 Å². The van der Waals surface area contributed by atoms with Crippen LogP contribution in [-0.4, -0.2) is 23.5 Å². The number of anilines is 2. The normalized spacial score (nSPS) is 15.4. The van der Waals surface area contributed by atoms with Crippen molar-refractivity contribution in [2.24, 2.45) is 5.92 Å². The average molecular weight is 236 g/mol. The molecule has 0 atom stereocenters. The van der Waals surface area contributed by atoms with E-state index in [1.54, 1.807) is 6.07 Å².